The first-order valence-corrected chi connectivity index (χ1v) is 5.72. The molecule has 0 aromatic carbocycles. The first-order chi connectivity index (χ1) is 6.75. The smallest absolute Gasteiger partial charge is 0.105 e. The standard InChI is InChI=1S/C11H21NO2/c1-8-3-4-11(14-6-8)10-5-12-9(2)13-7-10/h8-12H,3-7H2,1-2H3. The van der Waals surface area contributed by atoms with E-state index in [4.69, 9.17) is 9.47 Å². The van der Waals surface area contributed by atoms with Crippen LogP contribution < -0.4 is 5.32 Å². The molecule has 0 aromatic heterocycles. The van der Waals surface area contributed by atoms with Gasteiger partial charge in [0.25, 0.3) is 0 Å². The van der Waals surface area contributed by atoms with E-state index in [1.54, 1.807) is 0 Å². The van der Waals surface area contributed by atoms with E-state index >= 15 is 0 Å². The molecule has 0 aliphatic carbocycles. The highest BCUT2D eigenvalue weighted by atomic mass is 16.5. The quantitative estimate of drug-likeness (QED) is 0.692. The molecule has 2 aliphatic rings. The number of rotatable bonds is 1. The van der Waals surface area contributed by atoms with E-state index in [9.17, 15) is 0 Å². The summed E-state index contributed by atoms with van der Waals surface area (Å²) in [5.74, 6) is 1.29. The summed E-state index contributed by atoms with van der Waals surface area (Å²) < 4.78 is 11.4. The zero-order valence-electron chi connectivity index (χ0n) is 9.16. The van der Waals surface area contributed by atoms with Crippen LogP contribution in [0.4, 0.5) is 0 Å². The molecular weight excluding hydrogens is 178 g/mol. The summed E-state index contributed by atoms with van der Waals surface area (Å²) in [5.41, 5.74) is 0. The molecule has 14 heavy (non-hydrogen) atoms. The lowest BCUT2D eigenvalue weighted by Crippen LogP contribution is -2.47. The van der Waals surface area contributed by atoms with Gasteiger partial charge in [0.15, 0.2) is 0 Å². The highest BCUT2D eigenvalue weighted by molar-refractivity contribution is 4.79. The van der Waals surface area contributed by atoms with Gasteiger partial charge in [0.05, 0.1) is 12.7 Å². The molecule has 0 radical (unpaired) electrons. The molecule has 4 unspecified atom stereocenters. The molecule has 0 aromatic rings. The molecule has 2 fully saturated rings. The second kappa shape index (κ2) is 4.60. The molecule has 1 N–H and O–H groups in total. The van der Waals surface area contributed by atoms with Crippen molar-refractivity contribution in [1.29, 1.82) is 0 Å². The van der Waals surface area contributed by atoms with Gasteiger partial charge >= 0.3 is 0 Å². The van der Waals surface area contributed by atoms with Crippen LogP contribution >= 0.6 is 0 Å². The number of nitrogens with one attached hydrogen (secondary N) is 1. The van der Waals surface area contributed by atoms with Crippen molar-refractivity contribution in [3.05, 3.63) is 0 Å². The third-order valence-electron chi connectivity index (χ3n) is 3.29. The van der Waals surface area contributed by atoms with Crippen LogP contribution in [0.25, 0.3) is 0 Å². The Morgan fingerprint density at radius 2 is 1.93 bits per heavy atom. The second-order valence-electron chi connectivity index (χ2n) is 4.70. The molecule has 0 amide bonds. The average Bonchev–Trinajstić information content (AvgIpc) is 2.21. The van der Waals surface area contributed by atoms with E-state index in [0.717, 1.165) is 25.7 Å². The minimum Gasteiger partial charge on any atom is -0.378 e. The van der Waals surface area contributed by atoms with E-state index in [1.165, 1.54) is 12.8 Å². The lowest BCUT2D eigenvalue weighted by atomic mass is 9.92. The summed E-state index contributed by atoms with van der Waals surface area (Å²) in [6.07, 6.45) is 3.14. The van der Waals surface area contributed by atoms with Gasteiger partial charge in [-0.15, -0.1) is 0 Å². The summed E-state index contributed by atoms with van der Waals surface area (Å²) in [4.78, 5) is 0. The Hall–Kier alpha value is -0.120. The topological polar surface area (TPSA) is 30.5 Å². The van der Waals surface area contributed by atoms with Gasteiger partial charge in [-0.2, -0.15) is 0 Å². The van der Waals surface area contributed by atoms with Gasteiger partial charge in [-0.25, -0.2) is 0 Å². The zero-order valence-corrected chi connectivity index (χ0v) is 9.16. The minimum absolute atomic E-state index is 0.216. The number of ether oxygens (including phenoxy) is 2. The predicted octanol–water partition coefficient (Wildman–Crippen LogP) is 1.38. The Bertz CT molecular complexity index is 150. The molecule has 0 spiro atoms. The molecule has 4 atom stereocenters. The van der Waals surface area contributed by atoms with Crippen LogP contribution in [-0.2, 0) is 9.47 Å². The normalized spacial score (nSPS) is 45.0. The second-order valence-corrected chi connectivity index (χ2v) is 4.70. The summed E-state index contributed by atoms with van der Waals surface area (Å²) in [7, 11) is 0. The first kappa shape index (κ1) is 10.4. The van der Waals surface area contributed by atoms with Crippen LogP contribution in [0.3, 0.4) is 0 Å². The van der Waals surface area contributed by atoms with Gasteiger partial charge < -0.3 is 9.47 Å². The van der Waals surface area contributed by atoms with Crippen LogP contribution in [-0.4, -0.2) is 32.1 Å². The first-order valence-electron chi connectivity index (χ1n) is 5.72. The fourth-order valence-electron chi connectivity index (χ4n) is 2.22. The highest BCUT2D eigenvalue weighted by Gasteiger charge is 2.29. The molecular formula is C11H21NO2. The van der Waals surface area contributed by atoms with Gasteiger partial charge in [0.1, 0.15) is 6.23 Å². The molecule has 2 saturated heterocycles. The van der Waals surface area contributed by atoms with Crippen molar-refractivity contribution in [3.63, 3.8) is 0 Å². The Labute approximate surface area is 86.2 Å². The van der Waals surface area contributed by atoms with Crippen LogP contribution in [0.15, 0.2) is 0 Å². The van der Waals surface area contributed by atoms with E-state index in [0.29, 0.717) is 12.0 Å². The third-order valence-corrected chi connectivity index (χ3v) is 3.29. The van der Waals surface area contributed by atoms with Gasteiger partial charge in [-0.1, -0.05) is 6.92 Å². The summed E-state index contributed by atoms with van der Waals surface area (Å²) in [6.45, 7) is 7.14. The molecule has 2 rings (SSSR count). The van der Waals surface area contributed by atoms with Crippen molar-refractivity contribution in [3.8, 4) is 0 Å². The highest BCUT2D eigenvalue weighted by Crippen LogP contribution is 2.25. The van der Waals surface area contributed by atoms with Crippen molar-refractivity contribution >= 4 is 0 Å². The maximum Gasteiger partial charge on any atom is 0.105 e. The van der Waals surface area contributed by atoms with Crippen molar-refractivity contribution in [1.82, 2.24) is 5.32 Å². The van der Waals surface area contributed by atoms with Crippen molar-refractivity contribution in [2.45, 2.75) is 39.0 Å². The van der Waals surface area contributed by atoms with Crippen LogP contribution in [0.1, 0.15) is 26.7 Å². The van der Waals surface area contributed by atoms with Crippen molar-refractivity contribution in [2.24, 2.45) is 11.8 Å². The number of hydrogen-bond acceptors (Lipinski definition) is 3. The van der Waals surface area contributed by atoms with Crippen LogP contribution in [0, 0.1) is 11.8 Å². The Morgan fingerprint density at radius 1 is 1.07 bits per heavy atom. The summed E-state index contributed by atoms with van der Waals surface area (Å²) in [6, 6.07) is 0. The van der Waals surface area contributed by atoms with Gasteiger partial charge in [0.2, 0.25) is 0 Å². The Balaban J connectivity index is 1.78. The summed E-state index contributed by atoms with van der Waals surface area (Å²) >= 11 is 0. The van der Waals surface area contributed by atoms with Gasteiger partial charge in [-0.05, 0) is 25.7 Å². The van der Waals surface area contributed by atoms with Gasteiger partial charge in [-0.3, -0.25) is 5.32 Å². The zero-order chi connectivity index (χ0) is 9.97. The van der Waals surface area contributed by atoms with Crippen LogP contribution in [0.5, 0.6) is 0 Å². The molecule has 3 nitrogen and oxygen atoms in total. The average molecular weight is 199 g/mol. The van der Waals surface area contributed by atoms with E-state index in [1.807, 2.05) is 0 Å². The van der Waals surface area contributed by atoms with Crippen LogP contribution in [0.2, 0.25) is 0 Å². The van der Waals surface area contributed by atoms with E-state index in [2.05, 4.69) is 19.2 Å². The minimum atomic E-state index is 0.216. The molecule has 3 heteroatoms. The van der Waals surface area contributed by atoms with Gasteiger partial charge in [0, 0.05) is 19.1 Å². The Kier molecular flexibility index (Phi) is 3.42. The maximum atomic E-state index is 5.84. The maximum absolute atomic E-state index is 5.84. The molecule has 0 bridgehead atoms. The van der Waals surface area contributed by atoms with Crippen molar-refractivity contribution in [2.75, 3.05) is 19.8 Å². The number of hydrogen-bond donors (Lipinski definition) is 1. The SMILES string of the molecule is CC1CCC(C2CNC(C)OC2)OC1. The largest absolute Gasteiger partial charge is 0.378 e. The monoisotopic (exact) mass is 199 g/mol. The molecule has 0 saturated carbocycles. The fraction of sp³-hybridized carbons (Fsp3) is 1.00. The third kappa shape index (κ3) is 2.47. The molecule has 82 valence electrons. The lowest BCUT2D eigenvalue weighted by Gasteiger charge is -2.36. The summed E-state index contributed by atoms with van der Waals surface area (Å²) in [5, 5.41) is 3.34. The lowest BCUT2D eigenvalue weighted by molar-refractivity contribution is -0.0990. The molecule has 2 heterocycles. The van der Waals surface area contributed by atoms with E-state index < -0.39 is 0 Å². The Morgan fingerprint density at radius 3 is 2.50 bits per heavy atom. The molecule has 2 aliphatic heterocycles. The van der Waals surface area contributed by atoms with Crippen molar-refractivity contribution < 1.29 is 9.47 Å². The predicted molar refractivity (Wildman–Crippen MR) is 55.0 cm³/mol. The fourth-order valence-corrected chi connectivity index (χ4v) is 2.22. The van der Waals surface area contributed by atoms with E-state index in [-0.39, 0.29) is 6.23 Å².